The molecule has 110 valence electrons. The molecule has 1 atom stereocenters. The van der Waals surface area contributed by atoms with Gasteiger partial charge in [-0.2, -0.15) is 0 Å². The minimum atomic E-state index is -1.15. The van der Waals surface area contributed by atoms with Crippen molar-refractivity contribution in [2.75, 3.05) is 5.32 Å². The number of rotatable bonds is 5. The lowest BCUT2D eigenvalue weighted by Gasteiger charge is -2.14. The SMILES string of the molecule is O=C(Nc1cnns1)N[C@H](Cc1ccc(O)cc1)C(=O)O. The van der Waals surface area contributed by atoms with E-state index in [9.17, 15) is 14.7 Å². The molecule has 0 aliphatic rings. The summed E-state index contributed by atoms with van der Waals surface area (Å²) < 4.78 is 3.57. The number of anilines is 1. The molecule has 1 aromatic heterocycles. The Hall–Kier alpha value is -2.68. The average molecular weight is 308 g/mol. The Morgan fingerprint density at radius 3 is 2.57 bits per heavy atom. The maximum Gasteiger partial charge on any atom is 0.326 e. The number of urea groups is 1. The van der Waals surface area contributed by atoms with Gasteiger partial charge >= 0.3 is 12.0 Å². The summed E-state index contributed by atoms with van der Waals surface area (Å²) in [6, 6.07) is 4.37. The Kier molecular flexibility index (Phi) is 4.67. The molecule has 21 heavy (non-hydrogen) atoms. The summed E-state index contributed by atoms with van der Waals surface area (Å²) >= 11 is 0.984. The molecular formula is C12H12N4O4S. The lowest BCUT2D eigenvalue weighted by atomic mass is 10.1. The fraction of sp³-hybridized carbons (Fsp3) is 0.167. The van der Waals surface area contributed by atoms with Crippen LogP contribution in [0.2, 0.25) is 0 Å². The number of aromatic hydroxyl groups is 1. The molecule has 0 bridgehead atoms. The third-order valence-electron chi connectivity index (χ3n) is 2.58. The molecular weight excluding hydrogens is 296 g/mol. The quantitative estimate of drug-likeness (QED) is 0.654. The second kappa shape index (κ2) is 6.66. The predicted molar refractivity (Wildman–Crippen MR) is 75.3 cm³/mol. The molecule has 0 aliphatic heterocycles. The maximum atomic E-state index is 11.7. The number of hydrogen-bond donors (Lipinski definition) is 4. The van der Waals surface area contributed by atoms with Gasteiger partial charge < -0.3 is 15.5 Å². The summed E-state index contributed by atoms with van der Waals surface area (Å²) in [5, 5.41) is 27.1. The van der Waals surface area contributed by atoms with Crippen LogP contribution in [-0.2, 0) is 11.2 Å². The third-order valence-corrected chi connectivity index (χ3v) is 3.16. The van der Waals surface area contributed by atoms with Crippen molar-refractivity contribution in [3.05, 3.63) is 36.0 Å². The van der Waals surface area contributed by atoms with Crippen molar-refractivity contribution in [2.24, 2.45) is 0 Å². The fourth-order valence-corrected chi connectivity index (χ4v) is 2.01. The minimum absolute atomic E-state index is 0.0917. The molecule has 4 N–H and O–H groups in total. The van der Waals surface area contributed by atoms with E-state index in [1.807, 2.05) is 0 Å². The Morgan fingerprint density at radius 2 is 2.00 bits per heavy atom. The third kappa shape index (κ3) is 4.42. The van der Waals surface area contributed by atoms with Gasteiger partial charge in [-0.15, -0.1) is 5.10 Å². The van der Waals surface area contributed by atoms with Gasteiger partial charge in [-0.1, -0.05) is 16.6 Å². The van der Waals surface area contributed by atoms with Crippen LogP contribution in [0.3, 0.4) is 0 Å². The van der Waals surface area contributed by atoms with Gasteiger partial charge in [0.1, 0.15) is 16.8 Å². The Morgan fingerprint density at radius 1 is 1.29 bits per heavy atom. The van der Waals surface area contributed by atoms with Crippen LogP contribution in [-0.4, -0.2) is 37.8 Å². The monoisotopic (exact) mass is 308 g/mol. The van der Waals surface area contributed by atoms with E-state index in [0.717, 1.165) is 11.5 Å². The second-order valence-electron chi connectivity index (χ2n) is 4.14. The maximum absolute atomic E-state index is 11.7. The molecule has 0 radical (unpaired) electrons. The first kappa shape index (κ1) is 14.7. The van der Waals surface area contributed by atoms with Crippen molar-refractivity contribution in [1.29, 1.82) is 0 Å². The van der Waals surface area contributed by atoms with E-state index >= 15 is 0 Å². The lowest BCUT2D eigenvalue weighted by molar-refractivity contribution is -0.139. The van der Waals surface area contributed by atoms with Crippen molar-refractivity contribution in [1.82, 2.24) is 14.9 Å². The van der Waals surface area contributed by atoms with Gasteiger partial charge in [0.15, 0.2) is 0 Å². The normalized spacial score (nSPS) is 11.6. The molecule has 0 fully saturated rings. The number of phenolic OH excluding ortho intramolecular Hbond substituents is 1. The lowest BCUT2D eigenvalue weighted by Crippen LogP contribution is -2.44. The van der Waals surface area contributed by atoms with E-state index in [2.05, 4.69) is 20.2 Å². The molecule has 0 saturated carbocycles. The number of carbonyl (C=O) groups excluding carboxylic acids is 1. The zero-order valence-corrected chi connectivity index (χ0v) is 11.5. The van der Waals surface area contributed by atoms with Gasteiger partial charge in [-0.25, -0.2) is 9.59 Å². The standard InChI is InChI=1S/C12H12N4O4S/c17-8-3-1-7(2-4-8)5-9(11(18)19)14-12(20)15-10-6-13-16-21-10/h1-4,6,9,17H,5H2,(H,18,19)(H2,14,15,20)/t9-/m1/s1. The van der Waals surface area contributed by atoms with Gasteiger partial charge in [0, 0.05) is 18.0 Å². The molecule has 0 unspecified atom stereocenters. The minimum Gasteiger partial charge on any atom is -0.508 e. The number of amides is 2. The number of carbonyl (C=O) groups is 2. The van der Waals surface area contributed by atoms with Crippen molar-refractivity contribution in [3.63, 3.8) is 0 Å². The highest BCUT2D eigenvalue weighted by molar-refractivity contribution is 7.10. The number of aromatic nitrogens is 2. The molecule has 9 heteroatoms. The van der Waals surface area contributed by atoms with Crippen LogP contribution in [0.5, 0.6) is 5.75 Å². The van der Waals surface area contributed by atoms with Crippen LogP contribution < -0.4 is 10.6 Å². The highest BCUT2D eigenvalue weighted by atomic mass is 32.1. The van der Waals surface area contributed by atoms with Gasteiger partial charge in [-0.05, 0) is 17.7 Å². The van der Waals surface area contributed by atoms with E-state index in [0.29, 0.717) is 10.6 Å². The van der Waals surface area contributed by atoms with Crippen LogP contribution in [0.4, 0.5) is 9.80 Å². The molecule has 1 aromatic carbocycles. The van der Waals surface area contributed by atoms with Crippen LogP contribution in [0.15, 0.2) is 30.5 Å². The molecule has 2 amide bonds. The van der Waals surface area contributed by atoms with E-state index in [1.54, 1.807) is 12.1 Å². The molecule has 2 aromatic rings. The van der Waals surface area contributed by atoms with Crippen molar-refractivity contribution < 1.29 is 19.8 Å². The van der Waals surface area contributed by atoms with Crippen LogP contribution in [0.25, 0.3) is 0 Å². The first-order chi connectivity index (χ1) is 10.0. The van der Waals surface area contributed by atoms with Gasteiger partial charge in [0.2, 0.25) is 0 Å². The molecule has 2 rings (SSSR count). The van der Waals surface area contributed by atoms with E-state index in [1.165, 1.54) is 18.3 Å². The summed E-state index contributed by atoms with van der Waals surface area (Å²) in [6.45, 7) is 0. The summed E-state index contributed by atoms with van der Waals surface area (Å²) in [6.07, 6.45) is 1.46. The first-order valence-corrected chi connectivity index (χ1v) is 6.67. The number of aliphatic carboxylic acids is 1. The number of hydrogen-bond acceptors (Lipinski definition) is 6. The van der Waals surface area contributed by atoms with Gasteiger partial charge in [-0.3, -0.25) is 5.32 Å². The average Bonchev–Trinajstić information content (AvgIpc) is 2.93. The number of nitrogens with zero attached hydrogens (tertiary/aromatic N) is 2. The number of nitrogens with one attached hydrogen (secondary N) is 2. The molecule has 0 saturated heterocycles. The summed E-state index contributed by atoms with van der Waals surface area (Å²) in [7, 11) is 0. The highest BCUT2D eigenvalue weighted by Crippen LogP contribution is 2.12. The Labute approximate surface area is 123 Å². The highest BCUT2D eigenvalue weighted by Gasteiger charge is 2.20. The Balaban J connectivity index is 1.97. The smallest absolute Gasteiger partial charge is 0.326 e. The molecule has 0 spiro atoms. The van der Waals surface area contributed by atoms with E-state index < -0.39 is 18.0 Å². The second-order valence-corrected chi connectivity index (χ2v) is 4.93. The topological polar surface area (TPSA) is 124 Å². The number of carboxylic acid groups (broad SMARTS) is 1. The van der Waals surface area contributed by atoms with Crippen LogP contribution in [0.1, 0.15) is 5.56 Å². The van der Waals surface area contributed by atoms with Gasteiger partial charge in [0.05, 0.1) is 6.20 Å². The molecule has 1 heterocycles. The summed E-state index contributed by atoms with van der Waals surface area (Å²) in [4.78, 5) is 22.9. The van der Waals surface area contributed by atoms with Crippen molar-refractivity contribution in [3.8, 4) is 5.75 Å². The molecule has 8 nitrogen and oxygen atoms in total. The first-order valence-electron chi connectivity index (χ1n) is 5.90. The van der Waals surface area contributed by atoms with Crippen molar-refractivity contribution >= 4 is 28.5 Å². The largest absolute Gasteiger partial charge is 0.508 e. The predicted octanol–water partition coefficient (Wildman–Crippen LogP) is 1.06. The number of carboxylic acids is 1. The van der Waals surface area contributed by atoms with Crippen LogP contribution in [0, 0.1) is 0 Å². The van der Waals surface area contributed by atoms with Gasteiger partial charge in [0.25, 0.3) is 0 Å². The van der Waals surface area contributed by atoms with Crippen molar-refractivity contribution in [2.45, 2.75) is 12.5 Å². The zero-order valence-electron chi connectivity index (χ0n) is 10.7. The van der Waals surface area contributed by atoms with E-state index in [4.69, 9.17) is 5.11 Å². The zero-order chi connectivity index (χ0) is 15.2. The number of benzene rings is 1. The van der Waals surface area contributed by atoms with Crippen LogP contribution >= 0.6 is 11.5 Å². The summed E-state index contributed by atoms with van der Waals surface area (Å²) in [5.74, 6) is -1.06. The molecule has 0 aliphatic carbocycles. The fourth-order valence-electron chi connectivity index (χ4n) is 1.60. The Bertz CT molecular complexity index is 615. The van der Waals surface area contributed by atoms with E-state index in [-0.39, 0.29) is 12.2 Å². The summed E-state index contributed by atoms with van der Waals surface area (Å²) in [5.41, 5.74) is 0.681. The number of phenols is 1.